The lowest BCUT2D eigenvalue weighted by Crippen LogP contribution is -2.27. The summed E-state index contributed by atoms with van der Waals surface area (Å²) in [7, 11) is 0. The van der Waals surface area contributed by atoms with Crippen LogP contribution in [0.3, 0.4) is 0 Å². The summed E-state index contributed by atoms with van der Waals surface area (Å²) in [6.07, 6.45) is 2.85. The van der Waals surface area contributed by atoms with Crippen molar-refractivity contribution in [1.82, 2.24) is 0 Å². The van der Waals surface area contributed by atoms with Crippen LogP contribution in [0.15, 0.2) is 60.7 Å². The summed E-state index contributed by atoms with van der Waals surface area (Å²) in [5.74, 6) is -2.53. The first-order chi connectivity index (χ1) is 11.1. The molecule has 0 spiro atoms. The molecule has 2 aromatic rings. The molecule has 4 heteroatoms. The smallest absolute Gasteiger partial charge is 0.249 e. The SMILES string of the molecule is Cc1ccc(NC(=O)[C@@H](C#N)C(=O)/C=C\c2ccccc2)cc1. The van der Waals surface area contributed by atoms with Gasteiger partial charge in [-0.25, -0.2) is 0 Å². The normalized spacial score (nSPS) is 11.7. The number of benzene rings is 2. The first-order valence-electron chi connectivity index (χ1n) is 7.14. The van der Waals surface area contributed by atoms with Crippen molar-refractivity contribution in [3.63, 3.8) is 0 Å². The number of ketones is 1. The van der Waals surface area contributed by atoms with Crippen LogP contribution in [-0.4, -0.2) is 11.7 Å². The molecule has 4 nitrogen and oxygen atoms in total. The van der Waals surface area contributed by atoms with Crippen molar-refractivity contribution < 1.29 is 9.59 Å². The molecule has 0 aliphatic carbocycles. The third kappa shape index (κ3) is 4.65. The van der Waals surface area contributed by atoms with E-state index in [1.807, 2.05) is 49.4 Å². The van der Waals surface area contributed by atoms with Gasteiger partial charge in [0.1, 0.15) is 0 Å². The largest absolute Gasteiger partial charge is 0.325 e. The van der Waals surface area contributed by atoms with E-state index in [1.54, 1.807) is 24.3 Å². The molecule has 1 atom stereocenters. The second-order valence-corrected chi connectivity index (χ2v) is 5.06. The number of amides is 1. The van der Waals surface area contributed by atoms with E-state index < -0.39 is 17.6 Å². The fourth-order valence-electron chi connectivity index (χ4n) is 1.94. The van der Waals surface area contributed by atoms with Crippen molar-refractivity contribution in [2.45, 2.75) is 6.92 Å². The highest BCUT2D eigenvalue weighted by atomic mass is 16.2. The molecule has 0 bridgehead atoms. The maximum absolute atomic E-state index is 12.1. The van der Waals surface area contributed by atoms with Crippen LogP contribution in [0.4, 0.5) is 5.69 Å². The van der Waals surface area contributed by atoms with Crippen LogP contribution < -0.4 is 5.32 Å². The lowest BCUT2D eigenvalue weighted by atomic mass is 10.0. The summed E-state index contributed by atoms with van der Waals surface area (Å²) in [5.41, 5.74) is 2.44. The molecular weight excluding hydrogens is 288 g/mol. The molecule has 2 aromatic carbocycles. The van der Waals surface area contributed by atoms with Crippen molar-refractivity contribution in [3.05, 3.63) is 71.8 Å². The summed E-state index contributed by atoms with van der Waals surface area (Å²) in [6.45, 7) is 1.93. The first kappa shape index (κ1) is 16.2. The summed E-state index contributed by atoms with van der Waals surface area (Å²) >= 11 is 0. The van der Waals surface area contributed by atoms with Gasteiger partial charge in [0.15, 0.2) is 11.7 Å². The average Bonchev–Trinajstić information content (AvgIpc) is 2.57. The molecule has 0 aliphatic heterocycles. The van der Waals surface area contributed by atoms with Gasteiger partial charge in [-0.2, -0.15) is 5.26 Å². The van der Waals surface area contributed by atoms with Gasteiger partial charge < -0.3 is 5.32 Å². The van der Waals surface area contributed by atoms with E-state index in [9.17, 15) is 9.59 Å². The summed E-state index contributed by atoms with van der Waals surface area (Å²) in [5, 5.41) is 11.7. The number of nitrogens with one attached hydrogen (secondary N) is 1. The second-order valence-electron chi connectivity index (χ2n) is 5.06. The van der Waals surface area contributed by atoms with Gasteiger partial charge in [-0.05, 0) is 30.7 Å². The van der Waals surface area contributed by atoms with Gasteiger partial charge in [0.25, 0.3) is 0 Å². The number of hydrogen-bond donors (Lipinski definition) is 1. The Bertz CT molecular complexity index is 756. The van der Waals surface area contributed by atoms with E-state index in [-0.39, 0.29) is 0 Å². The third-order valence-corrected chi connectivity index (χ3v) is 3.23. The molecule has 0 aliphatic rings. The number of nitrogens with zero attached hydrogens (tertiary/aromatic N) is 1. The Labute approximate surface area is 135 Å². The topological polar surface area (TPSA) is 70.0 Å². The van der Waals surface area contributed by atoms with Crippen LogP contribution in [-0.2, 0) is 9.59 Å². The zero-order valence-corrected chi connectivity index (χ0v) is 12.7. The maximum atomic E-state index is 12.1. The Morgan fingerprint density at radius 2 is 1.74 bits per heavy atom. The van der Waals surface area contributed by atoms with Gasteiger partial charge in [0.05, 0.1) is 6.07 Å². The Hall–Kier alpha value is -3.19. The highest BCUT2D eigenvalue weighted by Crippen LogP contribution is 2.11. The molecule has 2 rings (SSSR count). The molecule has 0 saturated carbocycles. The van der Waals surface area contributed by atoms with Crippen LogP contribution in [0.5, 0.6) is 0 Å². The van der Waals surface area contributed by atoms with Gasteiger partial charge >= 0.3 is 0 Å². The number of hydrogen-bond acceptors (Lipinski definition) is 3. The fourth-order valence-corrected chi connectivity index (χ4v) is 1.94. The van der Waals surface area contributed by atoms with Crippen LogP contribution in [0.25, 0.3) is 6.08 Å². The van der Waals surface area contributed by atoms with E-state index in [0.717, 1.165) is 11.1 Å². The third-order valence-electron chi connectivity index (χ3n) is 3.23. The van der Waals surface area contributed by atoms with Crippen LogP contribution >= 0.6 is 0 Å². The lowest BCUT2D eigenvalue weighted by Gasteiger charge is -2.08. The molecule has 114 valence electrons. The minimum Gasteiger partial charge on any atom is -0.325 e. The lowest BCUT2D eigenvalue weighted by molar-refractivity contribution is -0.126. The number of allylic oxidation sites excluding steroid dienone is 1. The number of carbonyl (C=O) groups excluding carboxylic acids is 2. The monoisotopic (exact) mass is 304 g/mol. The number of nitriles is 1. The molecule has 0 saturated heterocycles. The van der Waals surface area contributed by atoms with Gasteiger partial charge in [0, 0.05) is 5.69 Å². The molecule has 0 fully saturated rings. The zero-order chi connectivity index (χ0) is 16.7. The van der Waals surface area contributed by atoms with E-state index in [4.69, 9.17) is 5.26 Å². The number of rotatable bonds is 5. The van der Waals surface area contributed by atoms with Crippen molar-refractivity contribution in [2.75, 3.05) is 5.32 Å². The number of aryl methyl sites for hydroxylation is 1. The van der Waals surface area contributed by atoms with E-state index >= 15 is 0 Å². The highest BCUT2D eigenvalue weighted by Gasteiger charge is 2.24. The Morgan fingerprint density at radius 3 is 2.35 bits per heavy atom. The predicted molar refractivity (Wildman–Crippen MR) is 89.4 cm³/mol. The van der Waals surface area contributed by atoms with Crippen LogP contribution in [0, 0.1) is 24.2 Å². The molecule has 1 amide bonds. The van der Waals surface area contributed by atoms with E-state index in [2.05, 4.69) is 5.32 Å². The Balaban J connectivity index is 2.05. The predicted octanol–water partition coefficient (Wildman–Crippen LogP) is 3.36. The zero-order valence-electron chi connectivity index (χ0n) is 12.7. The maximum Gasteiger partial charge on any atom is 0.249 e. The standard InChI is InChI=1S/C19H16N2O2/c1-14-7-10-16(11-8-14)21-19(23)17(13-20)18(22)12-9-15-5-3-2-4-6-15/h2-12,17H,1H3,(H,21,23)/b12-9-/t17-/m0/s1. The van der Waals surface area contributed by atoms with Crippen molar-refractivity contribution in [2.24, 2.45) is 5.92 Å². The fraction of sp³-hybridized carbons (Fsp3) is 0.105. The molecule has 1 N–H and O–H groups in total. The minimum absolute atomic E-state index is 0.541. The quantitative estimate of drug-likeness (QED) is 0.680. The Morgan fingerprint density at radius 1 is 1.09 bits per heavy atom. The van der Waals surface area contributed by atoms with E-state index in [1.165, 1.54) is 6.08 Å². The first-order valence-corrected chi connectivity index (χ1v) is 7.14. The number of anilines is 1. The molecule has 0 radical (unpaired) electrons. The van der Waals surface area contributed by atoms with Gasteiger partial charge in [-0.15, -0.1) is 0 Å². The molecule has 0 heterocycles. The summed E-state index contributed by atoms with van der Waals surface area (Å²) in [4.78, 5) is 24.2. The van der Waals surface area contributed by atoms with Crippen molar-refractivity contribution in [1.29, 1.82) is 5.26 Å². The molecule has 0 unspecified atom stereocenters. The van der Waals surface area contributed by atoms with Crippen LogP contribution in [0.2, 0.25) is 0 Å². The van der Waals surface area contributed by atoms with E-state index in [0.29, 0.717) is 5.69 Å². The van der Waals surface area contributed by atoms with Gasteiger partial charge in [0.2, 0.25) is 5.91 Å². The minimum atomic E-state index is -1.36. The molecular formula is C19H16N2O2. The van der Waals surface area contributed by atoms with Gasteiger partial charge in [-0.3, -0.25) is 9.59 Å². The molecule has 23 heavy (non-hydrogen) atoms. The van der Waals surface area contributed by atoms with Crippen LogP contribution in [0.1, 0.15) is 11.1 Å². The summed E-state index contributed by atoms with van der Waals surface area (Å²) < 4.78 is 0. The second kappa shape index (κ2) is 7.71. The average molecular weight is 304 g/mol. The Kier molecular flexibility index (Phi) is 5.43. The highest BCUT2D eigenvalue weighted by molar-refractivity contribution is 6.14. The van der Waals surface area contributed by atoms with Crippen molar-refractivity contribution in [3.8, 4) is 6.07 Å². The number of carbonyl (C=O) groups is 2. The summed E-state index contributed by atoms with van der Waals surface area (Å²) in [6, 6.07) is 18.1. The van der Waals surface area contributed by atoms with Gasteiger partial charge in [-0.1, -0.05) is 54.1 Å². The molecule has 0 aromatic heterocycles. The van der Waals surface area contributed by atoms with Crippen molar-refractivity contribution >= 4 is 23.5 Å².